The molecule has 0 aliphatic heterocycles. The molecule has 2 aromatic rings. The van der Waals surface area contributed by atoms with Crippen LogP contribution < -0.4 is 5.73 Å². The average Bonchev–Trinajstić information content (AvgIpc) is 2.59. The zero-order valence-electron chi connectivity index (χ0n) is 12.7. The Morgan fingerprint density at radius 1 is 1.21 bits per heavy atom. The molecule has 0 saturated heterocycles. The second-order valence-corrected chi connectivity index (χ2v) is 6.36. The molecule has 7 heteroatoms. The van der Waals surface area contributed by atoms with Crippen molar-refractivity contribution in [1.82, 2.24) is 0 Å². The molecule has 0 aliphatic carbocycles. The Morgan fingerprint density at radius 2 is 1.83 bits per heavy atom. The second-order valence-electron chi connectivity index (χ2n) is 5.09. The lowest BCUT2D eigenvalue weighted by molar-refractivity contribution is -0.384. The maximum atomic E-state index is 11.4. The number of hydrogen-bond acceptors (Lipinski definition) is 5. The molecule has 24 heavy (non-hydrogen) atoms. The fourth-order valence-corrected chi connectivity index (χ4v) is 3.38. The third kappa shape index (κ3) is 4.57. The summed E-state index contributed by atoms with van der Waals surface area (Å²) in [6.07, 6.45) is 0.275. The summed E-state index contributed by atoms with van der Waals surface area (Å²) in [5, 5.41) is 19.7. The van der Waals surface area contributed by atoms with Gasteiger partial charge in [-0.3, -0.25) is 14.9 Å². The van der Waals surface area contributed by atoms with Gasteiger partial charge in [0.05, 0.1) is 11.0 Å². The van der Waals surface area contributed by atoms with Crippen molar-refractivity contribution in [2.75, 3.05) is 0 Å². The molecule has 2 rings (SSSR count). The first-order valence-corrected chi connectivity index (χ1v) is 8.04. The highest BCUT2D eigenvalue weighted by atomic mass is 32.2. The van der Waals surface area contributed by atoms with Crippen LogP contribution in [0.25, 0.3) is 0 Å². The van der Waals surface area contributed by atoms with E-state index in [1.807, 2.05) is 36.4 Å². The Morgan fingerprint density at radius 3 is 2.33 bits per heavy atom. The van der Waals surface area contributed by atoms with Gasteiger partial charge >= 0.3 is 0 Å². The number of nitro benzene ring substituents is 1. The average molecular weight is 341 g/mol. The van der Waals surface area contributed by atoms with Gasteiger partial charge in [0, 0.05) is 22.3 Å². The molecule has 1 amide bonds. The van der Waals surface area contributed by atoms with E-state index in [0.717, 1.165) is 10.5 Å². The number of nitriles is 1. The summed E-state index contributed by atoms with van der Waals surface area (Å²) in [5.74, 6) is -1.54. The molecule has 6 nitrogen and oxygen atoms in total. The molecule has 0 saturated carbocycles. The number of primary amides is 1. The normalized spacial score (nSPS) is 12.8. The third-order valence-corrected chi connectivity index (χ3v) is 4.74. The molecular formula is C17H15N3O3S. The maximum absolute atomic E-state index is 11.4. The lowest BCUT2D eigenvalue weighted by Gasteiger charge is -2.18. The number of carbonyl (C=O) groups excluding carboxylic acids is 1. The summed E-state index contributed by atoms with van der Waals surface area (Å²) in [7, 11) is 0. The Kier molecular flexibility index (Phi) is 5.93. The standard InChI is InChI=1S/C17H15N3O3S/c18-11-13(17(19)21)10-16(12-4-2-1-3-5-12)24-15-8-6-14(7-9-15)20(22)23/h1-9,13,16H,10H2,(H2,19,21). The first-order chi connectivity index (χ1) is 11.5. The van der Waals surface area contributed by atoms with E-state index in [1.165, 1.54) is 23.9 Å². The summed E-state index contributed by atoms with van der Waals surface area (Å²) in [6.45, 7) is 0. The van der Waals surface area contributed by atoms with Gasteiger partial charge in [-0.05, 0) is 24.1 Å². The van der Waals surface area contributed by atoms with E-state index in [1.54, 1.807) is 12.1 Å². The number of thioether (sulfide) groups is 1. The minimum atomic E-state index is -0.888. The van der Waals surface area contributed by atoms with Gasteiger partial charge < -0.3 is 5.73 Å². The molecule has 0 bridgehead atoms. The van der Waals surface area contributed by atoms with E-state index in [9.17, 15) is 14.9 Å². The van der Waals surface area contributed by atoms with Crippen LogP contribution in [0.2, 0.25) is 0 Å². The highest BCUT2D eigenvalue weighted by Crippen LogP contribution is 2.40. The largest absolute Gasteiger partial charge is 0.369 e. The minimum Gasteiger partial charge on any atom is -0.369 e. The van der Waals surface area contributed by atoms with Crippen LogP contribution in [0.5, 0.6) is 0 Å². The lowest BCUT2D eigenvalue weighted by atomic mass is 10.00. The maximum Gasteiger partial charge on any atom is 0.269 e. The fourth-order valence-electron chi connectivity index (χ4n) is 2.18. The van der Waals surface area contributed by atoms with Crippen molar-refractivity contribution >= 4 is 23.4 Å². The third-order valence-electron chi connectivity index (χ3n) is 3.45. The summed E-state index contributed by atoms with van der Waals surface area (Å²) in [6, 6.07) is 17.6. The van der Waals surface area contributed by atoms with Gasteiger partial charge in [0.2, 0.25) is 5.91 Å². The number of hydrogen-bond donors (Lipinski definition) is 1. The van der Waals surface area contributed by atoms with Gasteiger partial charge in [-0.1, -0.05) is 30.3 Å². The molecule has 0 heterocycles. The number of nitrogens with two attached hydrogens (primary N) is 1. The molecule has 2 N–H and O–H groups in total. The van der Waals surface area contributed by atoms with E-state index in [0.29, 0.717) is 0 Å². The molecule has 0 spiro atoms. The second kappa shape index (κ2) is 8.13. The fraction of sp³-hybridized carbons (Fsp3) is 0.176. The van der Waals surface area contributed by atoms with Crippen LogP contribution in [0.4, 0.5) is 5.69 Å². The van der Waals surface area contributed by atoms with Crippen LogP contribution in [-0.4, -0.2) is 10.8 Å². The molecule has 0 fully saturated rings. The van der Waals surface area contributed by atoms with E-state index >= 15 is 0 Å². The SMILES string of the molecule is N#CC(CC(Sc1ccc([N+](=O)[O-])cc1)c1ccccc1)C(N)=O. The summed E-state index contributed by atoms with van der Waals surface area (Å²) >= 11 is 1.44. The predicted molar refractivity (Wildman–Crippen MR) is 91.1 cm³/mol. The number of non-ortho nitro benzene ring substituents is 1. The van der Waals surface area contributed by atoms with E-state index in [-0.39, 0.29) is 17.4 Å². The van der Waals surface area contributed by atoms with Crippen LogP contribution in [0.15, 0.2) is 59.5 Å². The van der Waals surface area contributed by atoms with Gasteiger partial charge in [-0.25, -0.2) is 0 Å². The molecule has 2 aromatic carbocycles. The summed E-state index contributed by atoms with van der Waals surface area (Å²) in [4.78, 5) is 22.5. The lowest BCUT2D eigenvalue weighted by Crippen LogP contribution is -2.23. The first kappa shape index (κ1) is 17.5. The van der Waals surface area contributed by atoms with Crippen LogP contribution in [0, 0.1) is 27.4 Å². The Balaban J connectivity index is 2.24. The molecule has 0 aliphatic rings. The predicted octanol–water partition coefficient (Wildman–Crippen LogP) is 3.44. The molecule has 0 radical (unpaired) electrons. The van der Waals surface area contributed by atoms with Gasteiger partial charge in [0.25, 0.3) is 5.69 Å². The number of carbonyl (C=O) groups is 1. The van der Waals surface area contributed by atoms with Crippen molar-refractivity contribution in [3.8, 4) is 6.07 Å². The Bertz CT molecular complexity index is 757. The zero-order chi connectivity index (χ0) is 17.5. The van der Waals surface area contributed by atoms with Crippen molar-refractivity contribution in [2.24, 2.45) is 11.7 Å². The molecule has 0 aromatic heterocycles. The molecule has 2 unspecified atom stereocenters. The van der Waals surface area contributed by atoms with Crippen molar-refractivity contribution in [2.45, 2.75) is 16.6 Å². The van der Waals surface area contributed by atoms with Gasteiger partial charge in [-0.15, -0.1) is 11.8 Å². The van der Waals surface area contributed by atoms with Crippen molar-refractivity contribution < 1.29 is 9.72 Å². The topological polar surface area (TPSA) is 110 Å². The van der Waals surface area contributed by atoms with Gasteiger partial charge in [0.1, 0.15) is 5.92 Å². The number of nitrogens with zero attached hydrogens (tertiary/aromatic N) is 2. The van der Waals surface area contributed by atoms with E-state index in [4.69, 9.17) is 11.0 Å². The van der Waals surface area contributed by atoms with Gasteiger partial charge in [-0.2, -0.15) is 5.26 Å². The Hall–Kier alpha value is -2.85. The quantitative estimate of drug-likeness (QED) is 0.471. The summed E-state index contributed by atoms with van der Waals surface area (Å²) < 4.78 is 0. The van der Waals surface area contributed by atoms with Crippen LogP contribution >= 0.6 is 11.8 Å². The van der Waals surface area contributed by atoms with Crippen molar-refractivity contribution in [1.29, 1.82) is 5.26 Å². The Labute approximate surface area is 143 Å². The molecule has 122 valence electrons. The van der Waals surface area contributed by atoms with Crippen LogP contribution in [0.1, 0.15) is 17.2 Å². The minimum absolute atomic E-state index is 0.0163. The van der Waals surface area contributed by atoms with Crippen molar-refractivity contribution in [3.63, 3.8) is 0 Å². The number of rotatable bonds is 7. The van der Waals surface area contributed by atoms with E-state index in [2.05, 4.69) is 0 Å². The summed E-state index contributed by atoms with van der Waals surface area (Å²) in [5.41, 5.74) is 6.25. The van der Waals surface area contributed by atoms with E-state index < -0.39 is 16.7 Å². The van der Waals surface area contributed by atoms with Crippen molar-refractivity contribution in [3.05, 3.63) is 70.3 Å². The van der Waals surface area contributed by atoms with Crippen LogP contribution in [-0.2, 0) is 4.79 Å². The highest BCUT2D eigenvalue weighted by Gasteiger charge is 2.23. The number of amides is 1. The number of nitro groups is 1. The smallest absolute Gasteiger partial charge is 0.269 e. The monoisotopic (exact) mass is 341 g/mol. The highest BCUT2D eigenvalue weighted by molar-refractivity contribution is 7.99. The molecular weight excluding hydrogens is 326 g/mol. The van der Waals surface area contributed by atoms with Crippen LogP contribution in [0.3, 0.4) is 0 Å². The number of benzene rings is 2. The first-order valence-electron chi connectivity index (χ1n) is 7.16. The van der Waals surface area contributed by atoms with Gasteiger partial charge in [0.15, 0.2) is 0 Å². The molecule has 2 atom stereocenters. The zero-order valence-corrected chi connectivity index (χ0v) is 13.5.